The van der Waals surface area contributed by atoms with E-state index in [-0.39, 0.29) is 31.2 Å². The van der Waals surface area contributed by atoms with Gasteiger partial charge in [-0.05, 0) is 54.3 Å². The molecule has 5 rings (SSSR count). The van der Waals surface area contributed by atoms with E-state index in [1.165, 1.54) is 16.2 Å². The Balaban J connectivity index is 1.36. The van der Waals surface area contributed by atoms with Gasteiger partial charge in [-0.2, -0.15) is 0 Å². The number of ketones is 1. The highest BCUT2D eigenvalue weighted by Gasteiger charge is 2.17. The molecule has 10 heteroatoms. The fraction of sp³-hybridized carbons (Fsp3) is 0.133. The molecule has 2 aromatic heterocycles. The molecule has 0 aliphatic carbocycles. The minimum atomic E-state index is -0.452. The van der Waals surface area contributed by atoms with Crippen LogP contribution in [-0.4, -0.2) is 39.9 Å². The van der Waals surface area contributed by atoms with Crippen molar-refractivity contribution < 1.29 is 14.4 Å². The molecule has 0 spiro atoms. The number of thiophene rings is 1. The first-order chi connectivity index (χ1) is 19.4. The number of aryl methyl sites for hydroxylation is 1. The van der Waals surface area contributed by atoms with Crippen LogP contribution in [0.4, 0.5) is 11.6 Å². The first-order valence-corrected chi connectivity index (χ1v) is 14.6. The highest BCUT2D eigenvalue weighted by molar-refractivity contribution is 7.98. The van der Waals surface area contributed by atoms with Gasteiger partial charge in [-0.15, -0.1) is 23.1 Å². The van der Waals surface area contributed by atoms with Crippen molar-refractivity contribution in [1.82, 2.24) is 9.55 Å². The maximum absolute atomic E-state index is 13.2. The summed E-state index contributed by atoms with van der Waals surface area (Å²) in [6, 6.07) is 26.5. The smallest absolute Gasteiger partial charge is 0.268 e. The fourth-order valence-electron chi connectivity index (χ4n) is 4.23. The number of nitrogens with one attached hydrogen (secondary N) is 2. The molecule has 202 valence electrons. The van der Waals surface area contributed by atoms with Crippen LogP contribution in [0.1, 0.15) is 26.5 Å². The second-order valence-electron chi connectivity index (χ2n) is 9.00. The number of primary amides is 1. The van der Waals surface area contributed by atoms with E-state index in [9.17, 15) is 14.4 Å². The second-order valence-corrected chi connectivity index (χ2v) is 11.0. The number of fused-ring (bicyclic) bond motifs is 1. The zero-order valence-electron chi connectivity index (χ0n) is 21.7. The molecular weight excluding hydrogens is 542 g/mol. The fourth-order valence-corrected chi connectivity index (χ4v) is 5.54. The summed E-state index contributed by atoms with van der Waals surface area (Å²) in [7, 11) is 0. The SMILES string of the molecule is CSc1ccc(-c2ccc(C(=O)Nc3nc4cc(NCC(=O)c5ccccc5)ccc4n3CCC(N)=O)s2)cc1. The van der Waals surface area contributed by atoms with E-state index in [0.29, 0.717) is 27.6 Å². The molecule has 2 heterocycles. The molecule has 2 amide bonds. The molecule has 8 nitrogen and oxygen atoms in total. The van der Waals surface area contributed by atoms with Gasteiger partial charge < -0.3 is 15.6 Å². The summed E-state index contributed by atoms with van der Waals surface area (Å²) < 4.78 is 1.77. The predicted molar refractivity (Wildman–Crippen MR) is 162 cm³/mol. The molecule has 4 N–H and O–H groups in total. The third-order valence-corrected chi connectivity index (χ3v) is 8.19. The highest BCUT2D eigenvalue weighted by atomic mass is 32.2. The average Bonchev–Trinajstić information content (AvgIpc) is 3.60. The van der Waals surface area contributed by atoms with E-state index < -0.39 is 5.91 Å². The molecule has 0 unspecified atom stereocenters. The van der Waals surface area contributed by atoms with Crippen LogP contribution < -0.4 is 16.4 Å². The number of hydrogen-bond acceptors (Lipinski definition) is 7. The van der Waals surface area contributed by atoms with Gasteiger partial charge in [0.25, 0.3) is 5.91 Å². The summed E-state index contributed by atoms with van der Waals surface area (Å²) in [5, 5.41) is 6.05. The van der Waals surface area contributed by atoms with E-state index in [1.54, 1.807) is 34.5 Å². The van der Waals surface area contributed by atoms with Crippen LogP contribution in [0.25, 0.3) is 21.5 Å². The second kappa shape index (κ2) is 12.2. The van der Waals surface area contributed by atoms with Gasteiger partial charge in [-0.25, -0.2) is 4.98 Å². The Morgan fingerprint density at radius 1 is 0.975 bits per heavy atom. The lowest BCUT2D eigenvalue weighted by Crippen LogP contribution is -2.18. The molecule has 5 aromatic rings. The Kier molecular flexibility index (Phi) is 8.28. The van der Waals surface area contributed by atoms with Gasteiger partial charge in [0.1, 0.15) is 0 Å². The Labute approximate surface area is 239 Å². The lowest BCUT2D eigenvalue weighted by Gasteiger charge is -2.09. The summed E-state index contributed by atoms with van der Waals surface area (Å²) in [5.41, 5.74) is 9.14. The van der Waals surface area contributed by atoms with Gasteiger partial charge in [0.05, 0.1) is 22.5 Å². The van der Waals surface area contributed by atoms with Crippen LogP contribution in [0.3, 0.4) is 0 Å². The van der Waals surface area contributed by atoms with Gasteiger partial charge in [-0.1, -0.05) is 42.5 Å². The van der Waals surface area contributed by atoms with Crippen LogP contribution in [0.15, 0.2) is 89.8 Å². The van der Waals surface area contributed by atoms with Crippen LogP contribution in [0.2, 0.25) is 0 Å². The molecule has 0 fully saturated rings. The van der Waals surface area contributed by atoms with Crippen LogP contribution in [0.5, 0.6) is 0 Å². The third-order valence-electron chi connectivity index (χ3n) is 6.31. The lowest BCUT2D eigenvalue weighted by molar-refractivity contribution is -0.118. The number of thioether (sulfide) groups is 1. The minimum absolute atomic E-state index is 0.0313. The Hall–Kier alpha value is -4.41. The quantitative estimate of drug-likeness (QED) is 0.134. The Morgan fingerprint density at radius 3 is 2.48 bits per heavy atom. The van der Waals surface area contributed by atoms with Crippen molar-refractivity contribution >= 4 is 63.4 Å². The van der Waals surface area contributed by atoms with Gasteiger partial charge >= 0.3 is 0 Å². The number of rotatable bonds is 11. The molecule has 0 radical (unpaired) electrons. The number of nitrogens with zero attached hydrogens (tertiary/aromatic N) is 2. The number of amides is 2. The number of imidazole rings is 1. The number of aromatic nitrogens is 2. The standard InChI is InChI=1S/C30H27N5O3S2/c1-39-22-10-7-20(8-11-22)26-13-14-27(40-26)29(38)34-30-33-23-17-21(9-12-24(23)35(30)16-15-28(31)37)32-18-25(36)19-5-3-2-4-6-19/h2-14,17,32H,15-16,18H2,1H3,(H2,31,37)(H,33,34,38). The average molecular weight is 570 g/mol. The van der Waals surface area contributed by atoms with Gasteiger partial charge in [0, 0.05) is 34.0 Å². The zero-order valence-corrected chi connectivity index (χ0v) is 23.4. The number of hydrogen-bond donors (Lipinski definition) is 3. The largest absolute Gasteiger partial charge is 0.378 e. The van der Waals surface area contributed by atoms with E-state index in [4.69, 9.17) is 5.73 Å². The van der Waals surface area contributed by atoms with Crippen molar-refractivity contribution in [3.8, 4) is 10.4 Å². The van der Waals surface area contributed by atoms with E-state index in [1.807, 2.05) is 60.9 Å². The van der Waals surface area contributed by atoms with E-state index in [2.05, 4.69) is 27.8 Å². The number of anilines is 2. The highest BCUT2D eigenvalue weighted by Crippen LogP contribution is 2.31. The lowest BCUT2D eigenvalue weighted by atomic mass is 10.1. The van der Waals surface area contributed by atoms with Crippen LogP contribution in [-0.2, 0) is 11.3 Å². The maximum Gasteiger partial charge on any atom is 0.268 e. The predicted octanol–water partition coefficient (Wildman–Crippen LogP) is 5.91. The molecule has 3 aromatic carbocycles. The summed E-state index contributed by atoms with van der Waals surface area (Å²) >= 11 is 3.07. The molecule has 0 aliphatic rings. The molecule has 0 saturated carbocycles. The van der Waals surface area contributed by atoms with Crippen molar-refractivity contribution in [1.29, 1.82) is 0 Å². The van der Waals surface area contributed by atoms with Crippen LogP contribution in [0, 0.1) is 0 Å². The number of carbonyl (C=O) groups excluding carboxylic acids is 3. The Morgan fingerprint density at radius 2 is 1.75 bits per heavy atom. The normalized spacial score (nSPS) is 10.9. The number of nitrogens with two attached hydrogens (primary N) is 1. The Bertz CT molecular complexity index is 1680. The number of carbonyl (C=O) groups is 3. The van der Waals surface area contributed by atoms with Crippen molar-refractivity contribution in [2.45, 2.75) is 17.9 Å². The summed E-state index contributed by atoms with van der Waals surface area (Å²) in [6.45, 7) is 0.389. The minimum Gasteiger partial charge on any atom is -0.378 e. The van der Waals surface area contributed by atoms with Crippen molar-refractivity contribution in [3.63, 3.8) is 0 Å². The third kappa shape index (κ3) is 6.24. The maximum atomic E-state index is 13.2. The van der Waals surface area contributed by atoms with Crippen molar-refractivity contribution in [3.05, 3.63) is 95.4 Å². The molecular formula is C30H27N5O3S2. The summed E-state index contributed by atoms with van der Waals surface area (Å²) in [5.74, 6) is -0.458. The van der Waals surface area contributed by atoms with Crippen molar-refractivity contribution in [2.24, 2.45) is 5.73 Å². The van der Waals surface area contributed by atoms with Gasteiger partial charge in [0.15, 0.2) is 5.78 Å². The monoisotopic (exact) mass is 569 g/mol. The summed E-state index contributed by atoms with van der Waals surface area (Å²) in [4.78, 5) is 44.6. The molecule has 40 heavy (non-hydrogen) atoms. The molecule has 0 bridgehead atoms. The topological polar surface area (TPSA) is 119 Å². The first-order valence-electron chi connectivity index (χ1n) is 12.6. The molecule has 0 saturated heterocycles. The number of Topliss-reactive ketones (excluding diaryl/α,β-unsaturated/α-hetero) is 1. The van der Waals surface area contributed by atoms with Crippen molar-refractivity contribution in [2.75, 3.05) is 23.4 Å². The van der Waals surface area contributed by atoms with Crippen LogP contribution >= 0.6 is 23.1 Å². The summed E-state index contributed by atoms with van der Waals surface area (Å²) in [6.07, 6.45) is 2.12. The van der Waals surface area contributed by atoms with Gasteiger partial charge in [0.2, 0.25) is 11.9 Å². The molecule has 0 atom stereocenters. The van der Waals surface area contributed by atoms with Gasteiger partial charge in [-0.3, -0.25) is 19.7 Å². The number of benzene rings is 3. The first kappa shape index (κ1) is 27.2. The zero-order chi connectivity index (χ0) is 28.1. The molecule has 0 aliphatic heterocycles. The van der Waals surface area contributed by atoms with E-state index >= 15 is 0 Å². The van der Waals surface area contributed by atoms with E-state index in [0.717, 1.165) is 16.0 Å².